The number of hydrogen-bond acceptors (Lipinski definition) is 2. The van der Waals surface area contributed by atoms with Crippen molar-refractivity contribution in [3.8, 4) is 0 Å². The molecule has 0 aliphatic carbocycles. The van der Waals surface area contributed by atoms with Gasteiger partial charge in [-0.15, -0.1) is 0 Å². The molecule has 27 heavy (non-hydrogen) atoms. The minimum absolute atomic E-state index is 0.104. The maximum Gasteiger partial charge on any atom is 0.197 e. The second-order valence-corrected chi connectivity index (χ2v) is 14.8. The van der Waals surface area contributed by atoms with Crippen molar-refractivity contribution in [3.05, 3.63) is 96.6 Å². The largest absolute Gasteiger partial charge is 0.308 e. The molecule has 0 saturated carbocycles. The van der Waals surface area contributed by atoms with E-state index in [1.54, 1.807) is 12.1 Å². The van der Waals surface area contributed by atoms with Gasteiger partial charge in [0.05, 0.1) is 5.03 Å². The SMILES string of the molecule is CP(C)(C)=C(C(=O)c1ccccc1)P(=O)(c1ccccc1)c1ccccc1. The van der Waals surface area contributed by atoms with E-state index in [1.807, 2.05) is 78.9 Å². The quantitative estimate of drug-likeness (QED) is 0.455. The van der Waals surface area contributed by atoms with Gasteiger partial charge in [-0.25, -0.2) is 0 Å². The van der Waals surface area contributed by atoms with Gasteiger partial charge in [-0.2, -0.15) is 0 Å². The monoisotopic (exact) mass is 394 g/mol. The van der Waals surface area contributed by atoms with Crippen molar-refractivity contribution in [3.63, 3.8) is 0 Å². The molecule has 0 fully saturated rings. The van der Waals surface area contributed by atoms with Crippen LogP contribution in [-0.2, 0) is 4.57 Å². The number of rotatable bonds is 5. The van der Waals surface area contributed by atoms with E-state index in [1.165, 1.54) is 0 Å². The second-order valence-electron chi connectivity index (χ2n) is 7.31. The van der Waals surface area contributed by atoms with Crippen LogP contribution in [0, 0.1) is 0 Å². The Hall–Kier alpha value is -2.14. The smallest absolute Gasteiger partial charge is 0.197 e. The third-order valence-electron chi connectivity index (χ3n) is 4.41. The lowest BCUT2D eigenvalue weighted by atomic mass is 10.1. The maximum atomic E-state index is 14.7. The molecule has 4 heteroatoms. The molecule has 0 amide bonds. The summed E-state index contributed by atoms with van der Waals surface area (Å²) >= 11 is 0. The zero-order valence-corrected chi connectivity index (χ0v) is 17.7. The van der Waals surface area contributed by atoms with Gasteiger partial charge in [0, 0.05) is 16.2 Å². The van der Waals surface area contributed by atoms with Gasteiger partial charge in [-0.1, -0.05) is 97.9 Å². The Kier molecular flexibility index (Phi) is 5.70. The number of ketones is 1. The van der Waals surface area contributed by atoms with Gasteiger partial charge < -0.3 is 4.57 Å². The van der Waals surface area contributed by atoms with Crippen molar-refractivity contribution < 1.29 is 9.36 Å². The Morgan fingerprint density at radius 3 is 1.37 bits per heavy atom. The number of benzene rings is 3. The predicted octanol–water partition coefficient (Wildman–Crippen LogP) is 4.92. The Morgan fingerprint density at radius 1 is 0.630 bits per heavy atom. The van der Waals surface area contributed by atoms with Crippen LogP contribution in [0.1, 0.15) is 10.4 Å². The first-order chi connectivity index (χ1) is 12.8. The fourth-order valence-electron chi connectivity index (χ4n) is 3.26. The third kappa shape index (κ3) is 3.93. The average molecular weight is 394 g/mol. The molecule has 0 bridgehead atoms. The Bertz CT molecular complexity index is 982. The van der Waals surface area contributed by atoms with E-state index in [0.717, 1.165) is 0 Å². The van der Waals surface area contributed by atoms with Crippen LogP contribution >= 0.6 is 14.0 Å². The first-order valence-corrected chi connectivity index (χ1v) is 13.7. The Balaban J connectivity index is 2.36. The summed E-state index contributed by atoms with van der Waals surface area (Å²) in [6.45, 7) is 4.32. The summed E-state index contributed by atoms with van der Waals surface area (Å²) in [4.78, 5) is 13.6. The molecule has 3 aromatic rings. The van der Waals surface area contributed by atoms with E-state index in [9.17, 15) is 9.36 Å². The summed E-state index contributed by atoms with van der Waals surface area (Å²) in [6, 6.07) is 28.1. The highest BCUT2D eigenvalue weighted by atomic mass is 31.2. The minimum Gasteiger partial charge on any atom is -0.308 e. The Morgan fingerprint density at radius 2 is 1.00 bits per heavy atom. The van der Waals surface area contributed by atoms with Gasteiger partial charge in [0.15, 0.2) is 12.9 Å². The van der Waals surface area contributed by atoms with E-state index in [4.69, 9.17) is 0 Å². The maximum absolute atomic E-state index is 14.7. The number of carbonyl (C=O) groups is 1. The molecule has 0 unspecified atom stereocenters. The lowest BCUT2D eigenvalue weighted by Gasteiger charge is -2.27. The van der Waals surface area contributed by atoms with Crippen molar-refractivity contribution in [1.29, 1.82) is 0 Å². The van der Waals surface area contributed by atoms with Crippen LogP contribution in [0.4, 0.5) is 0 Å². The van der Waals surface area contributed by atoms with Gasteiger partial charge in [0.2, 0.25) is 0 Å². The number of carbonyl (C=O) groups excluding carboxylic acids is 1. The minimum atomic E-state index is -3.26. The Labute approximate surface area is 161 Å². The molecular formula is C23H24O2P2. The molecule has 0 atom stereocenters. The molecule has 0 N–H and O–H groups in total. The normalized spacial score (nSPS) is 11.8. The molecule has 0 saturated heterocycles. The predicted molar refractivity (Wildman–Crippen MR) is 120 cm³/mol. The standard InChI is InChI=1S/C23H24O2P2/c1-26(2,3)23(22(24)19-13-7-4-8-14-19)27(25,20-15-9-5-10-16-20)21-17-11-6-12-18-21/h4-18H,1-3H3. The van der Waals surface area contributed by atoms with Gasteiger partial charge in [-0.3, -0.25) is 4.79 Å². The van der Waals surface area contributed by atoms with Crippen LogP contribution < -0.4 is 10.6 Å². The summed E-state index contributed by atoms with van der Waals surface area (Å²) in [6.07, 6.45) is 0. The molecule has 138 valence electrons. The van der Waals surface area contributed by atoms with Crippen LogP contribution in [0.3, 0.4) is 0 Å². The lowest BCUT2D eigenvalue weighted by Crippen LogP contribution is -2.28. The van der Waals surface area contributed by atoms with Crippen LogP contribution in [-0.4, -0.2) is 30.8 Å². The molecule has 0 aromatic heterocycles. The van der Waals surface area contributed by atoms with E-state index in [0.29, 0.717) is 21.2 Å². The highest BCUT2D eigenvalue weighted by Gasteiger charge is 2.38. The van der Waals surface area contributed by atoms with E-state index in [2.05, 4.69) is 20.0 Å². The summed E-state index contributed by atoms with van der Waals surface area (Å²) in [5.74, 6) is -0.104. The summed E-state index contributed by atoms with van der Waals surface area (Å²) in [5, 5.41) is 1.99. The van der Waals surface area contributed by atoms with E-state index >= 15 is 0 Å². The van der Waals surface area contributed by atoms with Crippen LogP contribution in [0.2, 0.25) is 0 Å². The number of Topliss-reactive ketones (excluding diaryl/α,β-unsaturated/α-hetero) is 1. The van der Waals surface area contributed by atoms with Crippen LogP contribution in [0.25, 0.3) is 0 Å². The molecule has 0 radical (unpaired) electrons. The summed E-state index contributed by atoms with van der Waals surface area (Å²) in [5.41, 5.74) is 0.592. The van der Waals surface area contributed by atoms with Crippen molar-refractivity contribution in [2.24, 2.45) is 0 Å². The highest BCUT2D eigenvalue weighted by molar-refractivity contribution is 8.07. The zero-order valence-electron chi connectivity index (χ0n) is 15.9. The summed E-state index contributed by atoms with van der Waals surface area (Å²) in [7, 11) is -3.26. The van der Waals surface area contributed by atoms with Gasteiger partial charge >= 0.3 is 0 Å². The van der Waals surface area contributed by atoms with Crippen LogP contribution in [0.15, 0.2) is 91.0 Å². The topological polar surface area (TPSA) is 34.1 Å². The fraction of sp³-hybridized carbons (Fsp3) is 0.130. The van der Waals surface area contributed by atoms with E-state index < -0.39 is 14.0 Å². The highest BCUT2D eigenvalue weighted by Crippen LogP contribution is 2.55. The van der Waals surface area contributed by atoms with E-state index in [-0.39, 0.29) is 5.78 Å². The first-order valence-electron chi connectivity index (χ1n) is 8.85. The molecule has 0 spiro atoms. The van der Waals surface area contributed by atoms with Crippen molar-refractivity contribution >= 4 is 35.5 Å². The number of hydrogen-bond donors (Lipinski definition) is 0. The first kappa shape index (κ1) is 19.6. The van der Waals surface area contributed by atoms with Gasteiger partial charge in [0.1, 0.15) is 0 Å². The lowest BCUT2D eigenvalue weighted by molar-refractivity contribution is 0.107. The molecular weight excluding hydrogens is 370 g/mol. The molecule has 0 aliphatic heterocycles. The molecule has 3 aromatic carbocycles. The van der Waals surface area contributed by atoms with Crippen molar-refractivity contribution in [2.45, 2.75) is 0 Å². The van der Waals surface area contributed by atoms with Crippen molar-refractivity contribution in [2.75, 3.05) is 20.0 Å². The third-order valence-corrected chi connectivity index (χ3v) is 11.4. The molecule has 3 rings (SSSR count). The van der Waals surface area contributed by atoms with Gasteiger partial charge in [-0.05, 0) is 20.0 Å². The molecule has 0 heterocycles. The molecule has 0 aliphatic rings. The van der Waals surface area contributed by atoms with Gasteiger partial charge in [0.25, 0.3) is 0 Å². The zero-order chi connectivity index (χ0) is 19.5. The van der Waals surface area contributed by atoms with Crippen LogP contribution in [0.5, 0.6) is 0 Å². The second kappa shape index (κ2) is 7.85. The molecule has 2 nitrogen and oxygen atoms in total. The fourth-order valence-corrected chi connectivity index (χ4v) is 10.5. The van der Waals surface area contributed by atoms with Crippen molar-refractivity contribution in [1.82, 2.24) is 0 Å². The average Bonchev–Trinajstić information content (AvgIpc) is 2.69. The summed E-state index contributed by atoms with van der Waals surface area (Å²) < 4.78 is 14.7.